The van der Waals surface area contributed by atoms with Crippen molar-refractivity contribution >= 4 is 17.3 Å². The molecule has 3 rings (SSSR count). The number of piperazine rings is 1. The van der Waals surface area contributed by atoms with E-state index in [0.717, 1.165) is 44.3 Å². The summed E-state index contributed by atoms with van der Waals surface area (Å²) in [5.74, 6) is 0. The van der Waals surface area contributed by atoms with Gasteiger partial charge in [-0.1, -0.05) is 17.7 Å². The molecule has 4 nitrogen and oxygen atoms in total. The van der Waals surface area contributed by atoms with Crippen molar-refractivity contribution in [2.45, 2.75) is 18.6 Å². The van der Waals surface area contributed by atoms with Crippen molar-refractivity contribution < 1.29 is 4.74 Å². The molecule has 2 atom stereocenters. The molecule has 21 heavy (non-hydrogen) atoms. The van der Waals surface area contributed by atoms with E-state index in [1.54, 1.807) is 0 Å². The zero-order valence-electron chi connectivity index (χ0n) is 12.6. The quantitative estimate of drug-likeness (QED) is 0.922. The molecule has 1 aromatic carbocycles. The van der Waals surface area contributed by atoms with Gasteiger partial charge in [0.05, 0.1) is 6.10 Å². The minimum Gasteiger partial charge on any atom is -0.378 e. The second kappa shape index (κ2) is 6.97. The molecule has 0 amide bonds. The number of halogens is 1. The molecular weight excluding hydrogens is 286 g/mol. The van der Waals surface area contributed by atoms with Crippen LogP contribution in [-0.4, -0.2) is 63.4 Å². The lowest BCUT2D eigenvalue weighted by molar-refractivity contribution is -0.00425. The van der Waals surface area contributed by atoms with Gasteiger partial charge in [-0.05, 0) is 31.2 Å². The number of hydrogen-bond acceptors (Lipinski definition) is 4. The van der Waals surface area contributed by atoms with Crippen molar-refractivity contribution in [2.24, 2.45) is 0 Å². The van der Waals surface area contributed by atoms with E-state index >= 15 is 0 Å². The number of ether oxygens (including phenoxy) is 1. The molecule has 2 fully saturated rings. The average Bonchev–Trinajstić information content (AvgIpc) is 2.55. The number of piperidine rings is 1. The number of rotatable bonds is 3. The Morgan fingerprint density at radius 1 is 1.24 bits per heavy atom. The average molecular weight is 310 g/mol. The molecule has 2 aliphatic heterocycles. The van der Waals surface area contributed by atoms with Gasteiger partial charge in [0.25, 0.3) is 0 Å². The molecule has 1 aromatic rings. The Hall–Kier alpha value is -0.810. The summed E-state index contributed by atoms with van der Waals surface area (Å²) in [6.45, 7) is 6.37. The van der Waals surface area contributed by atoms with E-state index < -0.39 is 0 Å². The van der Waals surface area contributed by atoms with E-state index in [4.69, 9.17) is 16.3 Å². The summed E-state index contributed by atoms with van der Waals surface area (Å²) in [5, 5.41) is 4.23. The predicted molar refractivity (Wildman–Crippen MR) is 87.3 cm³/mol. The molecule has 2 heterocycles. The first kappa shape index (κ1) is 15.1. The molecule has 116 valence electrons. The first-order valence-corrected chi connectivity index (χ1v) is 8.14. The third-order valence-electron chi connectivity index (χ3n) is 4.65. The van der Waals surface area contributed by atoms with Crippen LogP contribution in [0.1, 0.15) is 6.42 Å². The van der Waals surface area contributed by atoms with Gasteiger partial charge in [0.15, 0.2) is 0 Å². The number of anilines is 1. The van der Waals surface area contributed by atoms with Crippen LogP contribution in [0.3, 0.4) is 0 Å². The van der Waals surface area contributed by atoms with E-state index in [0.29, 0.717) is 12.1 Å². The minimum absolute atomic E-state index is 0.316. The van der Waals surface area contributed by atoms with Crippen molar-refractivity contribution in [1.82, 2.24) is 10.2 Å². The summed E-state index contributed by atoms with van der Waals surface area (Å²) in [7, 11) is 1.83. The van der Waals surface area contributed by atoms with E-state index in [2.05, 4.69) is 27.2 Å². The molecular formula is C16H24ClN3O. The van der Waals surface area contributed by atoms with Crippen LogP contribution in [0.25, 0.3) is 0 Å². The van der Waals surface area contributed by atoms with Crippen LogP contribution in [0.4, 0.5) is 5.69 Å². The molecule has 0 radical (unpaired) electrons. The number of benzene rings is 1. The molecule has 5 heteroatoms. The second-order valence-electron chi connectivity index (χ2n) is 5.84. The zero-order valence-corrected chi connectivity index (χ0v) is 13.4. The Kier molecular flexibility index (Phi) is 5.01. The Morgan fingerprint density at radius 3 is 2.76 bits per heavy atom. The highest BCUT2D eigenvalue weighted by atomic mass is 35.5. The first-order chi connectivity index (χ1) is 10.3. The van der Waals surface area contributed by atoms with Gasteiger partial charge in [0, 0.05) is 56.6 Å². The van der Waals surface area contributed by atoms with Crippen LogP contribution in [0.5, 0.6) is 0 Å². The van der Waals surface area contributed by atoms with Gasteiger partial charge in [-0.2, -0.15) is 0 Å². The largest absolute Gasteiger partial charge is 0.378 e. The van der Waals surface area contributed by atoms with Gasteiger partial charge in [-0.3, -0.25) is 4.90 Å². The Morgan fingerprint density at radius 2 is 2.05 bits per heavy atom. The van der Waals surface area contributed by atoms with E-state index in [1.165, 1.54) is 12.1 Å². The third kappa shape index (κ3) is 3.51. The van der Waals surface area contributed by atoms with Gasteiger partial charge >= 0.3 is 0 Å². The van der Waals surface area contributed by atoms with Gasteiger partial charge in [0.1, 0.15) is 0 Å². The van der Waals surface area contributed by atoms with E-state index in [-0.39, 0.29) is 0 Å². The number of nitrogens with zero attached hydrogens (tertiary/aromatic N) is 2. The summed E-state index contributed by atoms with van der Waals surface area (Å²) >= 11 is 6.09. The maximum Gasteiger partial charge on any atom is 0.0850 e. The third-order valence-corrected chi connectivity index (χ3v) is 4.89. The summed E-state index contributed by atoms with van der Waals surface area (Å²) in [5.41, 5.74) is 1.23. The lowest BCUT2D eigenvalue weighted by Gasteiger charge is -2.44. The van der Waals surface area contributed by atoms with Crippen LogP contribution in [0.2, 0.25) is 5.02 Å². The summed E-state index contributed by atoms with van der Waals surface area (Å²) in [6, 6.07) is 8.71. The van der Waals surface area contributed by atoms with Crippen molar-refractivity contribution in [2.75, 3.05) is 51.3 Å². The van der Waals surface area contributed by atoms with Crippen molar-refractivity contribution in [3.8, 4) is 0 Å². The number of hydrogen-bond donors (Lipinski definition) is 1. The molecule has 0 bridgehead atoms. The molecule has 2 unspecified atom stereocenters. The maximum atomic E-state index is 6.09. The molecule has 1 N–H and O–H groups in total. The standard InChI is InChI=1S/C16H24ClN3O/c1-21-16-12-18-6-5-15(16)20-9-7-19(8-10-20)14-4-2-3-13(17)11-14/h2-4,11,15-16,18H,5-10,12H2,1H3. The maximum absolute atomic E-state index is 6.09. The minimum atomic E-state index is 0.316. The summed E-state index contributed by atoms with van der Waals surface area (Å²) < 4.78 is 5.65. The Labute approximate surface area is 132 Å². The van der Waals surface area contributed by atoms with Crippen LogP contribution in [-0.2, 0) is 4.74 Å². The molecule has 0 aliphatic carbocycles. The molecule has 0 aromatic heterocycles. The number of nitrogens with one attached hydrogen (secondary N) is 1. The second-order valence-corrected chi connectivity index (χ2v) is 6.27. The van der Waals surface area contributed by atoms with Crippen molar-refractivity contribution in [1.29, 1.82) is 0 Å². The van der Waals surface area contributed by atoms with Crippen LogP contribution < -0.4 is 10.2 Å². The fraction of sp³-hybridized carbons (Fsp3) is 0.625. The smallest absolute Gasteiger partial charge is 0.0850 e. The fourth-order valence-electron chi connectivity index (χ4n) is 3.46. The van der Waals surface area contributed by atoms with Gasteiger partial charge in [-0.15, -0.1) is 0 Å². The van der Waals surface area contributed by atoms with Gasteiger partial charge < -0.3 is 15.0 Å². The summed E-state index contributed by atoms with van der Waals surface area (Å²) in [6.07, 6.45) is 1.49. The highest BCUT2D eigenvalue weighted by Crippen LogP contribution is 2.23. The van der Waals surface area contributed by atoms with Crippen LogP contribution in [0, 0.1) is 0 Å². The molecule has 0 spiro atoms. The van der Waals surface area contributed by atoms with Crippen molar-refractivity contribution in [3.05, 3.63) is 29.3 Å². The Bertz CT molecular complexity index is 463. The van der Waals surface area contributed by atoms with Crippen molar-refractivity contribution in [3.63, 3.8) is 0 Å². The van der Waals surface area contributed by atoms with Gasteiger partial charge in [0.2, 0.25) is 0 Å². The zero-order chi connectivity index (χ0) is 14.7. The van der Waals surface area contributed by atoms with Crippen LogP contribution in [0.15, 0.2) is 24.3 Å². The van der Waals surface area contributed by atoms with E-state index in [1.807, 2.05) is 19.2 Å². The predicted octanol–water partition coefficient (Wildman–Crippen LogP) is 1.84. The molecule has 2 saturated heterocycles. The molecule has 0 saturated carbocycles. The highest BCUT2D eigenvalue weighted by molar-refractivity contribution is 6.30. The molecule has 2 aliphatic rings. The Balaban J connectivity index is 1.59. The normalized spacial score (nSPS) is 27.8. The topological polar surface area (TPSA) is 27.7 Å². The lowest BCUT2D eigenvalue weighted by Crippen LogP contribution is -2.58. The van der Waals surface area contributed by atoms with Crippen LogP contribution >= 0.6 is 11.6 Å². The lowest BCUT2D eigenvalue weighted by atomic mass is 10.0. The first-order valence-electron chi connectivity index (χ1n) is 7.76. The van der Waals surface area contributed by atoms with E-state index in [9.17, 15) is 0 Å². The van der Waals surface area contributed by atoms with Gasteiger partial charge in [-0.25, -0.2) is 0 Å². The SMILES string of the molecule is COC1CNCCC1N1CCN(c2cccc(Cl)c2)CC1. The summed E-state index contributed by atoms with van der Waals surface area (Å²) in [4.78, 5) is 5.02. The fourth-order valence-corrected chi connectivity index (χ4v) is 3.64. The highest BCUT2D eigenvalue weighted by Gasteiger charge is 2.32. The number of methoxy groups -OCH3 is 1. The monoisotopic (exact) mass is 309 g/mol.